The summed E-state index contributed by atoms with van der Waals surface area (Å²) < 4.78 is 11.9. The molecule has 154 valence electrons. The van der Waals surface area contributed by atoms with E-state index in [0.29, 0.717) is 28.8 Å². The molecule has 0 radical (unpaired) electrons. The number of furan rings is 1. The second-order valence-corrected chi connectivity index (χ2v) is 6.68. The van der Waals surface area contributed by atoms with E-state index < -0.39 is 16.9 Å². The average Bonchev–Trinajstić information content (AvgIpc) is 3.34. The van der Waals surface area contributed by atoms with Crippen LogP contribution >= 0.6 is 0 Å². The Morgan fingerprint density at radius 1 is 1.20 bits per heavy atom. The molecule has 1 aromatic carbocycles. The Morgan fingerprint density at radius 3 is 2.60 bits per heavy atom. The molecular formula is C20H17N3O7. The Kier molecular flexibility index (Phi) is 4.82. The van der Waals surface area contributed by atoms with Crippen molar-refractivity contribution in [2.24, 2.45) is 0 Å². The van der Waals surface area contributed by atoms with E-state index >= 15 is 0 Å². The van der Waals surface area contributed by atoms with Crippen LogP contribution in [-0.2, 0) is 9.53 Å². The molecule has 10 nitrogen and oxygen atoms in total. The monoisotopic (exact) mass is 411 g/mol. The highest BCUT2D eigenvalue weighted by molar-refractivity contribution is 6.15. The summed E-state index contributed by atoms with van der Waals surface area (Å²) in [5.41, 5.74) is 1.56. The predicted molar refractivity (Wildman–Crippen MR) is 104 cm³/mol. The van der Waals surface area contributed by atoms with Crippen molar-refractivity contribution in [1.29, 1.82) is 0 Å². The van der Waals surface area contributed by atoms with Crippen LogP contribution in [0.2, 0.25) is 0 Å². The predicted octanol–water partition coefficient (Wildman–Crippen LogP) is 3.58. The third-order valence-electron chi connectivity index (χ3n) is 4.81. The molecule has 1 aliphatic heterocycles. The summed E-state index contributed by atoms with van der Waals surface area (Å²) in [5, 5.41) is 10.8. The molecule has 10 heteroatoms. The highest BCUT2D eigenvalue weighted by Gasteiger charge is 2.38. The molecule has 2 aromatic heterocycles. The summed E-state index contributed by atoms with van der Waals surface area (Å²) in [7, 11) is 0. The highest BCUT2D eigenvalue weighted by atomic mass is 16.6. The van der Waals surface area contributed by atoms with E-state index in [2.05, 4.69) is 0 Å². The van der Waals surface area contributed by atoms with Gasteiger partial charge in [-0.25, -0.2) is 4.79 Å². The fourth-order valence-electron chi connectivity index (χ4n) is 3.40. The van der Waals surface area contributed by atoms with E-state index in [4.69, 9.17) is 9.15 Å². The van der Waals surface area contributed by atoms with Crippen LogP contribution in [0.15, 0.2) is 40.8 Å². The van der Waals surface area contributed by atoms with Crippen molar-refractivity contribution in [1.82, 2.24) is 9.47 Å². The van der Waals surface area contributed by atoms with Crippen LogP contribution in [0, 0.1) is 10.1 Å². The molecule has 0 fully saturated rings. The van der Waals surface area contributed by atoms with Crippen LogP contribution in [0.5, 0.6) is 0 Å². The number of benzene rings is 1. The Bertz CT molecular complexity index is 1170. The first kappa shape index (κ1) is 19.4. The number of esters is 1. The Morgan fingerprint density at radius 2 is 1.93 bits per heavy atom. The molecule has 0 atom stereocenters. The fraction of sp³-hybridized carbons (Fsp3) is 0.250. The summed E-state index contributed by atoms with van der Waals surface area (Å²) in [6.45, 7) is 2.09. The molecule has 1 aliphatic rings. The molecule has 0 N–H and O–H groups in total. The average molecular weight is 411 g/mol. The zero-order valence-electron chi connectivity index (χ0n) is 16.0. The minimum atomic E-state index is -0.509. The van der Waals surface area contributed by atoms with Crippen LogP contribution in [0.4, 0.5) is 10.5 Å². The zero-order chi connectivity index (χ0) is 21.4. The maximum atomic E-state index is 12.8. The smallest absolute Gasteiger partial charge is 0.336 e. The van der Waals surface area contributed by atoms with E-state index in [0.717, 1.165) is 4.90 Å². The van der Waals surface area contributed by atoms with Crippen LogP contribution in [0.1, 0.15) is 30.3 Å². The van der Waals surface area contributed by atoms with E-state index in [1.165, 1.54) is 22.8 Å². The highest BCUT2D eigenvalue weighted by Crippen LogP contribution is 2.34. The minimum absolute atomic E-state index is 0.0428. The van der Waals surface area contributed by atoms with Crippen LogP contribution in [0.3, 0.4) is 0 Å². The molecule has 0 aliphatic carbocycles. The van der Waals surface area contributed by atoms with Crippen molar-refractivity contribution in [3.63, 3.8) is 0 Å². The molecule has 2 amide bonds. The van der Waals surface area contributed by atoms with Gasteiger partial charge in [0.15, 0.2) is 5.58 Å². The van der Waals surface area contributed by atoms with Crippen molar-refractivity contribution in [2.45, 2.75) is 19.8 Å². The number of ether oxygens (including phenoxy) is 1. The van der Waals surface area contributed by atoms with Gasteiger partial charge in [0.05, 0.1) is 17.0 Å². The quantitative estimate of drug-likeness (QED) is 0.330. The molecule has 0 unspecified atom stereocenters. The summed E-state index contributed by atoms with van der Waals surface area (Å²) in [4.78, 5) is 48.2. The number of nitro groups is 1. The van der Waals surface area contributed by atoms with E-state index in [9.17, 15) is 24.5 Å². The number of non-ortho nitro benzene ring substituents is 1. The van der Waals surface area contributed by atoms with Gasteiger partial charge < -0.3 is 9.15 Å². The number of rotatable bonds is 7. The van der Waals surface area contributed by atoms with E-state index in [1.807, 2.05) is 0 Å². The van der Waals surface area contributed by atoms with Gasteiger partial charge in [-0.2, -0.15) is 0 Å². The Hall–Kier alpha value is -3.95. The number of hydrogen-bond acceptors (Lipinski definition) is 7. The maximum absolute atomic E-state index is 12.8. The van der Waals surface area contributed by atoms with Crippen molar-refractivity contribution >= 4 is 34.7 Å². The van der Waals surface area contributed by atoms with Gasteiger partial charge >= 0.3 is 12.0 Å². The third kappa shape index (κ3) is 3.21. The van der Waals surface area contributed by atoms with Gasteiger partial charge in [0.25, 0.3) is 11.6 Å². The Balaban J connectivity index is 1.56. The topological polar surface area (TPSA) is 125 Å². The van der Waals surface area contributed by atoms with Crippen LogP contribution < -0.4 is 0 Å². The molecule has 30 heavy (non-hydrogen) atoms. The van der Waals surface area contributed by atoms with Crippen molar-refractivity contribution in [3.8, 4) is 11.3 Å². The lowest BCUT2D eigenvalue weighted by Crippen LogP contribution is -2.32. The minimum Gasteiger partial charge on any atom is -0.466 e. The molecule has 0 bridgehead atoms. The van der Waals surface area contributed by atoms with Crippen LogP contribution in [-0.4, -0.2) is 45.4 Å². The number of hydrogen-bond donors (Lipinski definition) is 0. The van der Waals surface area contributed by atoms with Crippen molar-refractivity contribution in [2.75, 3.05) is 13.2 Å². The molecule has 3 heterocycles. The SMILES string of the molecule is CCOC(=O)CCCN1C(=O)c2cc3oc(-c4ccc([N+](=O)[O-])cc4)cc3n2C1=O. The maximum Gasteiger partial charge on any atom is 0.336 e. The molecule has 0 saturated heterocycles. The first-order valence-electron chi connectivity index (χ1n) is 9.32. The van der Waals surface area contributed by atoms with E-state index in [-0.39, 0.29) is 36.9 Å². The third-order valence-corrected chi connectivity index (χ3v) is 4.81. The lowest BCUT2D eigenvalue weighted by molar-refractivity contribution is -0.384. The Labute approximate surface area is 169 Å². The molecule has 4 rings (SSSR count). The lowest BCUT2D eigenvalue weighted by atomic mass is 10.1. The van der Waals surface area contributed by atoms with Gasteiger partial charge in [0, 0.05) is 42.8 Å². The van der Waals surface area contributed by atoms with Gasteiger partial charge in [-0.1, -0.05) is 0 Å². The van der Waals surface area contributed by atoms with Gasteiger partial charge in [-0.15, -0.1) is 0 Å². The second-order valence-electron chi connectivity index (χ2n) is 6.68. The largest absolute Gasteiger partial charge is 0.466 e. The number of imide groups is 1. The summed E-state index contributed by atoms with van der Waals surface area (Å²) in [6.07, 6.45) is 0.426. The first-order valence-corrected chi connectivity index (χ1v) is 9.32. The number of nitro benzene ring substituents is 1. The number of aromatic nitrogens is 1. The first-order chi connectivity index (χ1) is 14.4. The van der Waals surface area contributed by atoms with Crippen molar-refractivity contribution in [3.05, 3.63) is 52.2 Å². The summed E-state index contributed by atoms with van der Waals surface area (Å²) >= 11 is 0. The van der Waals surface area contributed by atoms with Gasteiger partial charge in [0.2, 0.25) is 0 Å². The number of fused-ring (bicyclic) bond motifs is 3. The molecule has 0 saturated carbocycles. The lowest BCUT2D eigenvalue weighted by Gasteiger charge is -2.12. The number of carbonyl (C=O) groups is 3. The second kappa shape index (κ2) is 7.47. The van der Waals surface area contributed by atoms with Gasteiger partial charge in [0.1, 0.15) is 11.5 Å². The number of amides is 2. The standard InChI is InChI=1S/C20H17N3O7/c1-2-29-18(24)4-3-9-21-19(25)15-11-17-14(22(15)20(21)26)10-16(30-17)12-5-7-13(8-6-12)23(27)28/h5-8,10-11H,2-4,9H2,1H3. The van der Waals surface area contributed by atoms with Crippen molar-refractivity contribution < 1.29 is 28.5 Å². The molecule has 3 aromatic rings. The van der Waals surface area contributed by atoms with E-state index in [1.54, 1.807) is 25.1 Å². The summed E-state index contributed by atoms with van der Waals surface area (Å²) in [6, 6.07) is 8.43. The zero-order valence-corrected chi connectivity index (χ0v) is 16.0. The molecular weight excluding hydrogens is 394 g/mol. The van der Waals surface area contributed by atoms with Gasteiger partial charge in [-0.05, 0) is 25.5 Å². The van der Waals surface area contributed by atoms with Crippen LogP contribution in [0.25, 0.3) is 22.4 Å². The number of carbonyl (C=O) groups excluding carboxylic acids is 3. The summed E-state index contributed by atoms with van der Waals surface area (Å²) in [5.74, 6) is -0.403. The van der Waals surface area contributed by atoms with Gasteiger partial charge in [-0.3, -0.25) is 29.2 Å². The molecule has 0 spiro atoms. The number of nitrogens with zero attached hydrogens (tertiary/aromatic N) is 3. The normalized spacial score (nSPS) is 13.2. The fourth-order valence-corrected chi connectivity index (χ4v) is 3.40.